The van der Waals surface area contributed by atoms with E-state index < -0.39 is 0 Å². The number of morpholine rings is 1. The number of likely N-dealkylation sites (N-methyl/N-ethyl adjacent to an activating group) is 1. The van der Waals surface area contributed by atoms with Crippen molar-refractivity contribution in [1.29, 1.82) is 0 Å². The highest BCUT2D eigenvalue weighted by Gasteiger charge is 2.20. The summed E-state index contributed by atoms with van der Waals surface area (Å²) in [5.74, 6) is 0. The van der Waals surface area contributed by atoms with Gasteiger partial charge < -0.3 is 30.3 Å². The van der Waals surface area contributed by atoms with Gasteiger partial charge in [0.15, 0.2) is 0 Å². The number of carbonyl (C=O) groups excluding carboxylic acids is 1. The lowest BCUT2D eigenvalue weighted by Gasteiger charge is -2.30. The quantitative estimate of drug-likeness (QED) is 0.585. The van der Waals surface area contributed by atoms with Crippen LogP contribution in [0.25, 0.3) is 0 Å². The monoisotopic (exact) mass is 392 g/mol. The maximum atomic E-state index is 9.60. The summed E-state index contributed by atoms with van der Waals surface area (Å²) in [6.07, 6.45) is 1.22. The SMILES string of the molecule is CC(C)(C)OC=O.CN1CCC(NCc2cccc(N3CCOCC3)c2N)C1. The first-order valence-corrected chi connectivity index (χ1v) is 10.0. The summed E-state index contributed by atoms with van der Waals surface area (Å²) in [6, 6.07) is 6.94. The molecule has 7 heteroatoms. The van der Waals surface area contributed by atoms with E-state index in [1.54, 1.807) is 0 Å². The van der Waals surface area contributed by atoms with Crippen LogP contribution in [0.15, 0.2) is 18.2 Å². The molecule has 2 saturated heterocycles. The van der Waals surface area contributed by atoms with Gasteiger partial charge in [-0.1, -0.05) is 12.1 Å². The molecular weight excluding hydrogens is 356 g/mol. The van der Waals surface area contributed by atoms with Crippen molar-refractivity contribution in [1.82, 2.24) is 10.2 Å². The molecule has 1 aromatic carbocycles. The summed E-state index contributed by atoms with van der Waals surface area (Å²) < 4.78 is 9.97. The number of para-hydroxylation sites is 1. The Labute approximate surface area is 169 Å². The Hall–Kier alpha value is -1.83. The van der Waals surface area contributed by atoms with E-state index in [1.807, 2.05) is 20.8 Å². The predicted octanol–water partition coefficient (Wildman–Crippen LogP) is 1.86. The lowest BCUT2D eigenvalue weighted by Crippen LogP contribution is -2.37. The van der Waals surface area contributed by atoms with Crippen molar-refractivity contribution in [2.24, 2.45) is 0 Å². The van der Waals surface area contributed by atoms with Crippen LogP contribution in [0, 0.1) is 0 Å². The molecule has 0 radical (unpaired) electrons. The number of benzene rings is 1. The van der Waals surface area contributed by atoms with E-state index in [2.05, 4.69) is 45.1 Å². The van der Waals surface area contributed by atoms with Crippen molar-refractivity contribution < 1.29 is 14.3 Å². The van der Waals surface area contributed by atoms with Crippen LogP contribution in [-0.4, -0.2) is 69.5 Å². The molecule has 0 aliphatic carbocycles. The van der Waals surface area contributed by atoms with Gasteiger partial charge in [-0.15, -0.1) is 0 Å². The molecule has 1 aromatic rings. The fourth-order valence-electron chi connectivity index (χ4n) is 3.33. The van der Waals surface area contributed by atoms with Gasteiger partial charge in [0.05, 0.1) is 24.6 Å². The molecule has 158 valence electrons. The lowest BCUT2D eigenvalue weighted by atomic mass is 10.1. The number of likely N-dealkylation sites (tertiary alicyclic amines) is 1. The maximum absolute atomic E-state index is 9.60. The molecule has 0 amide bonds. The number of anilines is 2. The van der Waals surface area contributed by atoms with Gasteiger partial charge in [-0.05, 0) is 52.4 Å². The fourth-order valence-corrected chi connectivity index (χ4v) is 3.33. The Bertz CT molecular complexity index is 612. The number of rotatable bonds is 5. The minimum Gasteiger partial charge on any atom is -0.462 e. The third-order valence-electron chi connectivity index (χ3n) is 4.90. The standard InChI is InChI=1S/C16H26N4O.C5H10O2/c1-19-6-5-14(12-19)18-11-13-3-2-4-15(16(13)17)20-7-9-21-10-8-20;1-5(2,3)7-4-6/h2-4,14,18H,5-12,17H2,1H3;4H,1-3H3. The molecule has 2 fully saturated rings. The first-order chi connectivity index (χ1) is 13.3. The number of nitrogen functional groups attached to an aromatic ring is 1. The van der Waals surface area contributed by atoms with Crippen molar-refractivity contribution in [3.05, 3.63) is 23.8 Å². The average molecular weight is 393 g/mol. The van der Waals surface area contributed by atoms with Crippen LogP contribution in [0.2, 0.25) is 0 Å². The first kappa shape index (κ1) is 22.5. The summed E-state index contributed by atoms with van der Waals surface area (Å²) in [5, 5.41) is 3.63. The second-order valence-electron chi connectivity index (χ2n) is 8.40. The zero-order chi connectivity index (χ0) is 20.6. The summed E-state index contributed by atoms with van der Waals surface area (Å²) >= 11 is 0. The highest BCUT2D eigenvalue weighted by Crippen LogP contribution is 2.27. The molecular formula is C21H36N4O3. The van der Waals surface area contributed by atoms with E-state index in [9.17, 15) is 4.79 Å². The second kappa shape index (κ2) is 10.6. The molecule has 28 heavy (non-hydrogen) atoms. The zero-order valence-electron chi connectivity index (χ0n) is 17.7. The minimum absolute atomic E-state index is 0.318. The van der Waals surface area contributed by atoms with Gasteiger partial charge in [-0.25, -0.2) is 0 Å². The Morgan fingerprint density at radius 1 is 1.29 bits per heavy atom. The molecule has 0 bridgehead atoms. The molecule has 1 unspecified atom stereocenters. The number of nitrogens with two attached hydrogens (primary N) is 1. The summed E-state index contributed by atoms with van der Waals surface area (Å²) in [6.45, 7) is 12.5. The van der Waals surface area contributed by atoms with Crippen molar-refractivity contribution in [3.8, 4) is 0 Å². The average Bonchev–Trinajstić information content (AvgIpc) is 3.06. The minimum atomic E-state index is -0.318. The maximum Gasteiger partial charge on any atom is 0.293 e. The van der Waals surface area contributed by atoms with E-state index in [0.29, 0.717) is 12.5 Å². The van der Waals surface area contributed by atoms with Crippen LogP contribution in [0.5, 0.6) is 0 Å². The fraction of sp³-hybridized carbons (Fsp3) is 0.667. The molecule has 2 heterocycles. The van der Waals surface area contributed by atoms with Crippen molar-refractivity contribution in [2.45, 2.75) is 45.4 Å². The van der Waals surface area contributed by atoms with Crippen molar-refractivity contribution in [3.63, 3.8) is 0 Å². The molecule has 0 spiro atoms. The van der Waals surface area contributed by atoms with Gasteiger partial charge in [0.2, 0.25) is 0 Å². The highest BCUT2D eigenvalue weighted by atomic mass is 16.5. The molecule has 2 aliphatic rings. The van der Waals surface area contributed by atoms with Crippen LogP contribution >= 0.6 is 0 Å². The Morgan fingerprint density at radius 3 is 2.54 bits per heavy atom. The van der Waals surface area contributed by atoms with E-state index in [4.69, 9.17) is 10.5 Å². The first-order valence-electron chi connectivity index (χ1n) is 10.0. The van der Waals surface area contributed by atoms with Crippen LogP contribution in [0.4, 0.5) is 11.4 Å². The molecule has 0 aromatic heterocycles. The summed E-state index contributed by atoms with van der Waals surface area (Å²) in [7, 11) is 2.18. The van der Waals surface area contributed by atoms with Crippen molar-refractivity contribution >= 4 is 17.8 Å². The number of nitrogens with zero attached hydrogens (tertiary/aromatic N) is 2. The highest BCUT2D eigenvalue weighted by molar-refractivity contribution is 5.71. The molecule has 7 nitrogen and oxygen atoms in total. The second-order valence-corrected chi connectivity index (χ2v) is 8.40. The van der Waals surface area contributed by atoms with Crippen LogP contribution in [-0.2, 0) is 20.8 Å². The predicted molar refractivity (Wildman–Crippen MR) is 114 cm³/mol. The smallest absolute Gasteiger partial charge is 0.293 e. The normalized spacial score (nSPS) is 20.4. The Morgan fingerprint density at radius 2 is 2.00 bits per heavy atom. The Balaban J connectivity index is 0.000000345. The number of ether oxygens (including phenoxy) is 2. The van der Waals surface area contributed by atoms with E-state index in [1.165, 1.54) is 18.5 Å². The number of hydrogen-bond donors (Lipinski definition) is 2. The number of hydrogen-bond acceptors (Lipinski definition) is 7. The lowest BCUT2D eigenvalue weighted by molar-refractivity contribution is -0.138. The van der Waals surface area contributed by atoms with E-state index >= 15 is 0 Å². The summed E-state index contributed by atoms with van der Waals surface area (Å²) in [5.41, 5.74) is 9.35. The molecule has 1 atom stereocenters. The van der Waals surface area contributed by atoms with Crippen LogP contribution < -0.4 is 16.0 Å². The number of nitrogens with one attached hydrogen (secondary N) is 1. The van der Waals surface area contributed by atoms with Gasteiger partial charge in [-0.3, -0.25) is 4.79 Å². The van der Waals surface area contributed by atoms with Gasteiger partial charge in [0, 0.05) is 32.2 Å². The van der Waals surface area contributed by atoms with Crippen LogP contribution in [0.1, 0.15) is 32.8 Å². The number of carbonyl (C=O) groups is 1. The third kappa shape index (κ3) is 7.30. The molecule has 2 aliphatic heterocycles. The largest absolute Gasteiger partial charge is 0.462 e. The summed E-state index contributed by atoms with van der Waals surface area (Å²) in [4.78, 5) is 14.3. The van der Waals surface area contributed by atoms with Gasteiger partial charge in [0.25, 0.3) is 6.47 Å². The van der Waals surface area contributed by atoms with Crippen LogP contribution in [0.3, 0.4) is 0 Å². The van der Waals surface area contributed by atoms with Gasteiger partial charge >= 0.3 is 0 Å². The molecule has 3 rings (SSSR count). The van der Waals surface area contributed by atoms with E-state index in [0.717, 1.165) is 50.8 Å². The molecule has 3 N–H and O–H groups in total. The zero-order valence-corrected chi connectivity index (χ0v) is 17.7. The van der Waals surface area contributed by atoms with Crippen molar-refractivity contribution in [2.75, 3.05) is 57.1 Å². The third-order valence-corrected chi connectivity index (χ3v) is 4.90. The molecule has 0 saturated carbocycles. The van der Waals surface area contributed by atoms with Gasteiger partial charge in [-0.2, -0.15) is 0 Å². The van der Waals surface area contributed by atoms with E-state index in [-0.39, 0.29) is 5.60 Å². The topological polar surface area (TPSA) is 80.1 Å². The Kier molecular flexibility index (Phi) is 8.54. The van der Waals surface area contributed by atoms with Gasteiger partial charge in [0.1, 0.15) is 5.60 Å².